The Morgan fingerprint density at radius 1 is 0.630 bits per heavy atom. The number of carbonyl (C=O) groups is 2. The van der Waals surface area contributed by atoms with E-state index in [4.69, 9.17) is 10.2 Å². The minimum atomic E-state index is -1.13. The first kappa shape index (κ1) is 25.5. The molecule has 3 rings (SSSR count). The zero-order chi connectivity index (χ0) is 18.1. The molecule has 0 spiro atoms. The van der Waals surface area contributed by atoms with Gasteiger partial charge >= 0.3 is 63.3 Å². The summed E-state index contributed by atoms with van der Waals surface area (Å²) in [7, 11) is 0. The van der Waals surface area contributed by atoms with Gasteiger partial charge in [-0.3, -0.25) is 0 Å². The fourth-order valence-corrected chi connectivity index (χ4v) is 2.76. The van der Waals surface area contributed by atoms with Crippen molar-refractivity contribution >= 4 is 75.1 Å². The first-order chi connectivity index (χ1) is 12.1. The van der Waals surface area contributed by atoms with E-state index in [1.54, 1.807) is 11.8 Å². The smallest absolute Gasteiger partial charge is 0.0122 e. The van der Waals surface area contributed by atoms with Crippen molar-refractivity contribution in [3.63, 3.8) is 0 Å². The maximum absolute atomic E-state index is 10.4. The third-order valence-electron chi connectivity index (χ3n) is 3.08. The second kappa shape index (κ2) is 13.7. The summed E-state index contributed by atoms with van der Waals surface area (Å²) in [4.78, 5) is 23.3. The number of aromatic carboxylic acids is 2. The van der Waals surface area contributed by atoms with Gasteiger partial charge in [0.2, 0.25) is 0 Å². The van der Waals surface area contributed by atoms with Gasteiger partial charge in [0.05, 0.1) is 11.1 Å². The Balaban J connectivity index is 0.000000468. The monoisotopic (exact) mass is 410 g/mol. The summed E-state index contributed by atoms with van der Waals surface area (Å²) in [6.45, 7) is 0. The molecule has 0 saturated heterocycles. The van der Waals surface area contributed by atoms with Gasteiger partial charge in [-0.05, 0) is 42.5 Å². The summed E-state index contributed by atoms with van der Waals surface area (Å²) < 4.78 is 0. The van der Waals surface area contributed by atoms with Crippen LogP contribution in [-0.2, 0) is 0 Å². The van der Waals surface area contributed by atoms with Crippen LogP contribution in [0.15, 0.2) is 94.7 Å². The second-order valence-corrected chi connectivity index (χ2v) is 6.07. The molecule has 0 amide bonds. The van der Waals surface area contributed by atoms with Crippen molar-refractivity contribution in [3.05, 3.63) is 96.1 Å². The van der Waals surface area contributed by atoms with E-state index in [9.17, 15) is 9.59 Å². The predicted octanol–water partition coefficient (Wildman–Crippen LogP) is 3.45. The van der Waals surface area contributed by atoms with Gasteiger partial charge in [-0.25, -0.2) is 9.59 Å². The van der Waals surface area contributed by atoms with Crippen LogP contribution in [0.3, 0.4) is 0 Å². The average molecular weight is 411 g/mol. The molecule has 0 aliphatic rings. The van der Waals surface area contributed by atoms with Gasteiger partial charge in [-0.1, -0.05) is 54.2 Å². The minimum Gasteiger partial charge on any atom is -0.0901 e. The van der Waals surface area contributed by atoms with Crippen molar-refractivity contribution in [2.45, 2.75) is 9.79 Å². The second-order valence-electron chi connectivity index (χ2n) is 4.92. The summed E-state index contributed by atoms with van der Waals surface area (Å²) >= 11 is 1.79. The SMILES string of the molecule is O.O=C(O)c1cccc(C(=O)O)c1.[KH].c1ccc(Sc2ccccc2)cc1. The maximum Gasteiger partial charge on any atom is 0.0122 e. The topological polar surface area (TPSA) is 106 Å². The minimum absolute atomic E-state index is 0. The van der Waals surface area contributed by atoms with Crippen LogP contribution >= 0.6 is 11.8 Å². The average Bonchev–Trinajstić information content (AvgIpc) is 2.64. The number of hydrogen-bond acceptors (Lipinski definition) is 3. The van der Waals surface area contributed by atoms with Crippen molar-refractivity contribution in [1.29, 1.82) is 0 Å². The van der Waals surface area contributed by atoms with E-state index < -0.39 is 11.9 Å². The van der Waals surface area contributed by atoms with Crippen LogP contribution in [0, 0.1) is 0 Å². The molecule has 0 radical (unpaired) electrons. The van der Waals surface area contributed by atoms with Gasteiger partial charge in [-0.15, -0.1) is 0 Å². The van der Waals surface area contributed by atoms with Gasteiger partial charge in [0.25, 0.3) is 0 Å². The Morgan fingerprint density at radius 2 is 1.00 bits per heavy atom. The van der Waals surface area contributed by atoms with Crippen LogP contribution in [0.2, 0.25) is 0 Å². The van der Waals surface area contributed by atoms with Crippen molar-refractivity contribution in [3.8, 4) is 0 Å². The van der Waals surface area contributed by atoms with Crippen LogP contribution in [-0.4, -0.2) is 79.0 Å². The molecule has 3 aromatic carbocycles. The molecule has 0 heterocycles. The first-order valence-electron chi connectivity index (χ1n) is 7.41. The number of carboxylic acid groups (broad SMARTS) is 2. The van der Waals surface area contributed by atoms with E-state index in [-0.39, 0.29) is 68.0 Å². The summed E-state index contributed by atoms with van der Waals surface area (Å²) in [6, 6.07) is 26.0. The van der Waals surface area contributed by atoms with E-state index in [0.29, 0.717) is 0 Å². The molecule has 136 valence electrons. The van der Waals surface area contributed by atoms with Gasteiger partial charge < -0.3 is 15.7 Å². The fourth-order valence-electron chi connectivity index (χ4n) is 1.90. The van der Waals surface area contributed by atoms with Crippen LogP contribution < -0.4 is 0 Å². The predicted molar refractivity (Wildman–Crippen MR) is 108 cm³/mol. The van der Waals surface area contributed by atoms with Gasteiger partial charge in [0.1, 0.15) is 0 Å². The largest absolute Gasteiger partial charge is 0.0901 e. The Bertz CT molecular complexity index is 775. The Kier molecular flexibility index (Phi) is 12.9. The normalized spacial score (nSPS) is 8.89. The molecule has 27 heavy (non-hydrogen) atoms. The summed E-state index contributed by atoms with van der Waals surface area (Å²) in [5.41, 5.74) is -0.0372. The summed E-state index contributed by atoms with van der Waals surface area (Å²) in [5, 5.41) is 17.0. The van der Waals surface area contributed by atoms with Crippen molar-refractivity contribution in [2.24, 2.45) is 0 Å². The quantitative estimate of drug-likeness (QED) is 0.641. The van der Waals surface area contributed by atoms with E-state index in [1.807, 2.05) is 12.1 Å². The number of benzene rings is 3. The molecule has 0 aliphatic heterocycles. The molecule has 0 aromatic heterocycles. The standard InChI is InChI=1S/C12H10S.C8H6O4.K.H2O.H/c1-3-7-11(8-4-1)13-12-9-5-2-6-10-12;9-7(10)5-2-1-3-6(4-5)8(11)12;;;/h1-10H;1-4H,(H,9,10)(H,11,12);;1H2;. The summed E-state index contributed by atoms with van der Waals surface area (Å²) in [6.07, 6.45) is 0. The molecule has 0 aliphatic carbocycles. The van der Waals surface area contributed by atoms with Crippen molar-refractivity contribution < 1.29 is 25.3 Å². The molecule has 4 N–H and O–H groups in total. The first-order valence-corrected chi connectivity index (χ1v) is 8.22. The molecule has 5 nitrogen and oxygen atoms in total. The van der Waals surface area contributed by atoms with Gasteiger partial charge in [0.15, 0.2) is 0 Å². The molecule has 7 heteroatoms. The number of hydrogen-bond donors (Lipinski definition) is 2. The van der Waals surface area contributed by atoms with Gasteiger partial charge in [0, 0.05) is 9.79 Å². The molecule has 3 aromatic rings. The van der Waals surface area contributed by atoms with Crippen molar-refractivity contribution in [1.82, 2.24) is 0 Å². The fraction of sp³-hybridized carbons (Fsp3) is 0. The maximum atomic E-state index is 10.4. The molecular formula is C20H19KO5S. The number of carboxylic acids is 2. The van der Waals surface area contributed by atoms with Gasteiger partial charge in [-0.2, -0.15) is 0 Å². The zero-order valence-corrected chi connectivity index (χ0v) is 14.5. The zero-order valence-electron chi connectivity index (χ0n) is 13.7. The van der Waals surface area contributed by atoms with Crippen molar-refractivity contribution in [2.75, 3.05) is 0 Å². The van der Waals surface area contributed by atoms with E-state index in [1.165, 1.54) is 28.0 Å². The van der Waals surface area contributed by atoms with E-state index in [0.717, 1.165) is 6.07 Å². The van der Waals surface area contributed by atoms with E-state index in [2.05, 4.69) is 48.5 Å². The Morgan fingerprint density at radius 3 is 1.33 bits per heavy atom. The summed E-state index contributed by atoms with van der Waals surface area (Å²) in [5.74, 6) is -2.25. The molecule has 0 fully saturated rings. The molecule has 0 atom stereocenters. The third kappa shape index (κ3) is 9.34. The molecule has 0 saturated carbocycles. The molecule has 0 unspecified atom stereocenters. The van der Waals surface area contributed by atoms with Crippen LogP contribution in [0.5, 0.6) is 0 Å². The third-order valence-corrected chi connectivity index (χ3v) is 4.09. The Labute approximate surface area is 204 Å². The van der Waals surface area contributed by atoms with Crippen LogP contribution in [0.4, 0.5) is 0 Å². The Hall–Kier alpha value is -1.45. The molecular weight excluding hydrogens is 391 g/mol. The van der Waals surface area contributed by atoms with Crippen LogP contribution in [0.25, 0.3) is 0 Å². The molecule has 0 bridgehead atoms. The number of rotatable bonds is 4. The van der Waals surface area contributed by atoms with E-state index >= 15 is 0 Å². The van der Waals surface area contributed by atoms with Crippen LogP contribution in [0.1, 0.15) is 20.7 Å².